The van der Waals surface area contributed by atoms with Crippen LogP contribution in [-0.4, -0.2) is 21.8 Å². The molecule has 0 saturated carbocycles. The third kappa shape index (κ3) is 3.43. The van der Waals surface area contributed by atoms with Gasteiger partial charge in [0.25, 0.3) is 0 Å². The van der Waals surface area contributed by atoms with Crippen LogP contribution in [0.2, 0.25) is 0 Å². The Bertz CT molecular complexity index is 902. The van der Waals surface area contributed by atoms with Crippen molar-refractivity contribution in [1.82, 2.24) is 14.7 Å². The first-order valence-electron chi connectivity index (χ1n) is 7.72. The highest BCUT2D eigenvalue weighted by Gasteiger charge is 2.10. The molecule has 0 aliphatic heterocycles. The maximum atomic E-state index is 5.31. The Balaban J connectivity index is 0.000000203. The summed E-state index contributed by atoms with van der Waals surface area (Å²) in [6.07, 6.45) is 7.34. The van der Waals surface area contributed by atoms with Crippen molar-refractivity contribution in [2.75, 3.05) is 7.11 Å². The van der Waals surface area contributed by atoms with Gasteiger partial charge in [-0.05, 0) is 42.3 Å². The molecule has 0 amide bonds. The first-order chi connectivity index (χ1) is 11.8. The zero-order valence-corrected chi connectivity index (χ0v) is 13.8. The van der Waals surface area contributed by atoms with E-state index in [1.54, 1.807) is 30.4 Å². The molecule has 0 spiro atoms. The molecule has 3 aromatic heterocycles. The highest BCUT2D eigenvalue weighted by atomic mass is 16.6. The minimum Gasteiger partial charge on any atom is -0.417 e. The van der Waals surface area contributed by atoms with E-state index >= 15 is 0 Å². The van der Waals surface area contributed by atoms with E-state index in [9.17, 15) is 0 Å². The van der Waals surface area contributed by atoms with Crippen molar-refractivity contribution in [1.29, 1.82) is 0 Å². The minimum atomic E-state index is 0.959. The van der Waals surface area contributed by atoms with Crippen molar-refractivity contribution < 1.29 is 4.84 Å². The first-order valence-corrected chi connectivity index (χ1v) is 7.72. The van der Waals surface area contributed by atoms with Gasteiger partial charge in [-0.3, -0.25) is 9.97 Å². The third-order valence-electron chi connectivity index (χ3n) is 3.65. The summed E-state index contributed by atoms with van der Waals surface area (Å²) in [7, 11) is 1.65. The molecule has 1 aromatic carbocycles. The Hall–Kier alpha value is -3.14. The first kappa shape index (κ1) is 15.7. The minimum absolute atomic E-state index is 0.959. The summed E-state index contributed by atoms with van der Waals surface area (Å²) in [5.74, 6) is 0. The molecule has 4 heteroatoms. The number of hydrogen-bond acceptors (Lipinski definition) is 3. The lowest BCUT2D eigenvalue weighted by Crippen LogP contribution is -2.02. The average molecular weight is 317 g/mol. The quantitative estimate of drug-likeness (QED) is 0.557. The van der Waals surface area contributed by atoms with E-state index in [0.717, 1.165) is 22.2 Å². The molecular weight excluding hydrogens is 298 g/mol. The van der Waals surface area contributed by atoms with Gasteiger partial charge in [0.2, 0.25) is 0 Å². The number of aryl methyl sites for hydroxylation is 1. The number of nitrogens with zero attached hydrogens (tertiary/aromatic N) is 3. The zero-order chi connectivity index (χ0) is 16.8. The third-order valence-corrected chi connectivity index (χ3v) is 3.65. The van der Waals surface area contributed by atoms with Crippen LogP contribution in [0.15, 0.2) is 79.4 Å². The van der Waals surface area contributed by atoms with Crippen molar-refractivity contribution >= 4 is 11.0 Å². The van der Waals surface area contributed by atoms with Crippen LogP contribution in [0.5, 0.6) is 0 Å². The Morgan fingerprint density at radius 3 is 2.25 bits per heavy atom. The molecule has 0 aliphatic carbocycles. The Kier molecular flexibility index (Phi) is 4.87. The molecule has 24 heavy (non-hydrogen) atoms. The van der Waals surface area contributed by atoms with E-state index in [4.69, 9.17) is 4.84 Å². The number of pyridine rings is 2. The maximum absolute atomic E-state index is 5.31. The fourth-order valence-corrected chi connectivity index (χ4v) is 2.44. The van der Waals surface area contributed by atoms with Gasteiger partial charge in [-0.15, -0.1) is 0 Å². The van der Waals surface area contributed by atoms with E-state index in [-0.39, 0.29) is 0 Å². The fourth-order valence-electron chi connectivity index (χ4n) is 2.44. The summed E-state index contributed by atoms with van der Waals surface area (Å²) in [6.45, 7) is 2.04. The summed E-state index contributed by atoms with van der Waals surface area (Å²) in [4.78, 5) is 13.6. The predicted octanol–water partition coefficient (Wildman–Crippen LogP) is 4.15. The Morgan fingerprint density at radius 2 is 1.62 bits per heavy atom. The summed E-state index contributed by atoms with van der Waals surface area (Å²) in [6, 6.07) is 18.0. The van der Waals surface area contributed by atoms with E-state index in [1.165, 1.54) is 5.56 Å². The summed E-state index contributed by atoms with van der Waals surface area (Å²) >= 11 is 0. The molecule has 4 rings (SSSR count). The van der Waals surface area contributed by atoms with Crippen molar-refractivity contribution in [3.8, 4) is 11.1 Å². The van der Waals surface area contributed by atoms with E-state index < -0.39 is 0 Å². The molecule has 0 radical (unpaired) electrons. The second-order valence-corrected chi connectivity index (χ2v) is 5.31. The van der Waals surface area contributed by atoms with Gasteiger partial charge >= 0.3 is 0 Å². The largest absolute Gasteiger partial charge is 0.417 e. The van der Waals surface area contributed by atoms with Crippen LogP contribution < -0.4 is 4.84 Å². The molecule has 0 bridgehead atoms. The van der Waals surface area contributed by atoms with Crippen molar-refractivity contribution in [3.63, 3.8) is 0 Å². The second kappa shape index (κ2) is 7.42. The molecule has 4 nitrogen and oxygen atoms in total. The number of aromatic nitrogens is 3. The molecule has 0 aliphatic rings. The van der Waals surface area contributed by atoms with Gasteiger partial charge in [-0.25, -0.2) is 0 Å². The summed E-state index contributed by atoms with van der Waals surface area (Å²) in [5.41, 5.74) is 5.43. The normalized spacial score (nSPS) is 10.1. The van der Waals surface area contributed by atoms with Crippen molar-refractivity contribution in [2.24, 2.45) is 0 Å². The lowest BCUT2D eigenvalue weighted by molar-refractivity contribution is 0.179. The maximum Gasteiger partial charge on any atom is 0.106 e. The number of hydrogen-bond donors (Lipinski definition) is 0. The van der Waals surface area contributed by atoms with Crippen LogP contribution in [0.1, 0.15) is 5.56 Å². The molecule has 0 N–H and O–H groups in total. The smallest absolute Gasteiger partial charge is 0.106 e. The van der Waals surface area contributed by atoms with Gasteiger partial charge in [0.1, 0.15) is 12.6 Å². The van der Waals surface area contributed by atoms with Gasteiger partial charge in [0.05, 0.1) is 11.7 Å². The van der Waals surface area contributed by atoms with Crippen LogP contribution in [-0.2, 0) is 0 Å². The fraction of sp³-hybridized carbons (Fsp3) is 0.100. The van der Waals surface area contributed by atoms with Crippen molar-refractivity contribution in [3.05, 3.63) is 84.9 Å². The van der Waals surface area contributed by atoms with E-state index in [1.807, 2.05) is 55.6 Å². The Morgan fingerprint density at radius 1 is 0.875 bits per heavy atom. The van der Waals surface area contributed by atoms with Crippen molar-refractivity contribution in [2.45, 2.75) is 6.92 Å². The molecular formula is C20H19N3O. The van der Waals surface area contributed by atoms with Gasteiger partial charge in [0, 0.05) is 24.2 Å². The topological polar surface area (TPSA) is 39.9 Å². The van der Waals surface area contributed by atoms with Crippen LogP contribution in [0.4, 0.5) is 0 Å². The monoisotopic (exact) mass is 317 g/mol. The van der Waals surface area contributed by atoms with Gasteiger partial charge < -0.3 is 4.84 Å². The van der Waals surface area contributed by atoms with Gasteiger partial charge in [-0.2, -0.15) is 4.73 Å². The second-order valence-electron chi connectivity index (χ2n) is 5.31. The molecule has 0 fully saturated rings. The molecule has 4 aromatic rings. The lowest BCUT2D eigenvalue weighted by Gasteiger charge is -1.99. The molecule has 3 heterocycles. The SMILES string of the molecule is COn1cc(-c2ccccc2)c2ncccc21.Cc1ccncc1. The Labute approximate surface area is 141 Å². The van der Waals surface area contributed by atoms with Crippen LogP contribution >= 0.6 is 0 Å². The number of rotatable bonds is 2. The van der Waals surface area contributed by atoms with Gasteiger partial charge in [0.15, 0.2) is 0 Å². The number of fused-ring (bicyclic) bond motifs is 1. The highest BCUT2D eigenvalue weighted by Crippen LogP contribution is 2.28. The zero-order valence-electron chi connectivity index (χ0n) is 13.8. The molecule has 0 saturated heterocycles. The highest BCUT2D eigenvalue weighted by molar-refractivity contribution is 5.92. The standard InChI is InChI=1S/C14H12N2O.C6H7N/c1-17-16-10-12(11-6-3-2-4-7-11)14-13(16)8-5-9-15-14;1-6-2-4-7-5-3-6/h2-10H,1H3;2-5H,1H3. The lowest BCUT2D eigenvalue weighted by atomic mass is 10.1. The predicted molar refractivity (Wildman–Crippen MR) is 96.6 cm³/mol. The summed E-state index contributed by atoms with van der Waals surface area (Å²) < 4.78 is 1.74. The van der Waals surface area contributed by atoms with E-state index in [0.29, 0.717) is 0 Å². The summed E-state index contributed by atoms with van der Waals surface area (Å²) in [5, 5.41) is 0. The average Bonchev–Trinajstić information content (AvgIpc) is 3.03. The van der Waals surface area contributed by atoms with Crippen LogP contribution in [0.25, 0.3) is 22.2 Å². The number of benzene rings is 1. The van der Waals surface area contributed by atoms with Crippen LogP contribution in [0.3, 0.4) is 0 Å². The molecule has 120 valence electrons. The molecule has 0 unspecified atom stereocenters. The van der Waals surface area contributed by atoms with Gasteiger partial charge in [-0.1, -0.05) is 30.3 Å². The van der Waals surface area contributed by atoms with E-state index in [2.05, 4.69) is 22.1 Å². The van der Waals surface area contributed by atoms with Crippen LogP contribution in [0, 0.1) is 6.92 Å². The molecule has 0 atom stereocenters.